The van der Waals surface area contributed by atoms with Crippen LogP contribution in [-0.4, -0.2) is 15.5 Å². The molecule has 0 spiro atoms. The molecule has 28 heavy (non-hydrogen) atoms. The fraction of sp³-hybridized carbons (Fsp3) is 0.0500. The van der Waals surface area contributed by atoms with Gasteiger partial charge in [-0.1, -0.05) is 35.9 Å². The molecule has 1 aromatic carbocycles. The maximum Gasteiger partial charge on any atom is 0.258 e. The molecular weight excluding hydrogens is 414 g/mol. The number of nitrogens with one attached hydrogen (secondary N) is 1. The number of carbonyl (C=O) groups excluding carboxylic acids is 1. The molecule has 5 nitrogen and oxygen atoms in total. The van der Waals surface area contributed by atoms with Crippen LogP contribution in [0.15, 0.2) is 70.3 Å². The van der Waals surface area contributed by atoms with E-state index in [1.54, 1.807) is 17.4 Å². The summed E-state index contributed by atoms with van der Waals surface area (Å²) >= 11 is 9.13. The Bertz CT molecular complexity index is 1180. The number of benzene rings is 1. The number of thiophene rings is 1. The van der Waals surface area contributed by atoms with Crippen LogP contribution in [-0.2, 0) is 6.54 Å². The number of rotatable bonds is 5. The topological polar surface area (TPSA) is 64.0 Å². The molecule has 0 radical (unpaired) electrons. The minimum Gasteiger partial charge on any atom is -0.310 e. The van der Waals surface area contributed by atoms with Crippen molar-refractivity contribution in [2.45, 2.75) is 6.54 Å². The van der Waals surface area contributed by atoms with Crippen LogP contribution in [0.4, 0.5) is 5.13 Å². The van der Waals surface area contributed by atoms with Crippen LogP contribution in [0.5, 0.6) is 0 Å². The van der Waals surface area contributed by atoms with Crippen LogP contribution in [0.3, 0.4) is 0 Å². The summed E-state index contributed by atoms with van der Waals surface area (Å²) in [7, 11) is 0. The summed E-state index contributed by atoms with van der Waals surface area (Å²) in [4.78, 5) is 30.3. The molecule has 1 amide bonds. The van der Waals surface area contributed by atoms with E-state index in [2.05, 4.69) is 10.3 Å². The Morgan fingerprint density at radius 3 is 2.75 bits per heavy atom. The zero-order valence-electron chi connectivity index (χ0n) is 14.5. The van der Waals surface area contributed by atoms with Crippen molar-refractivity contribution in [3.63, 3.8) is 0 Å². The van der Waals surface area contributed by atoms with E-state index in [4.69, 9.17) is 11.6 Å². The molecule has 0 saturated carbocycles. The van der Waals surface area contributed by atoms with E-state index >= 15 is 0 Å². The molecule has 0 unspecified atom stereocenters. The Labute approximate surface area is 173 Å². The van der Waals surface area contributed by atoms with Gasteiger partial charge in [-0.15, -0.1) is 22.7 Å². The third-order valence-electron chi connectivity index (χ3n) is 4.04. The summed E-state index contributed by atoms with van der Waals surface area (Å²) < 4.78 is 1.47. The summed E-state index contributed by atoms with van der Waals surface area (Å²) in [6, 6.07) is 14.1. The van der Waals surface area contributed by atoms with Crippen molar-refractivity contribution in [1.82, 2.24) is 9.55 Å². The smallest absolute Gasteiger partial charge is 0.258 e. The SMILES string of the molecule is O=C(Nc1nc(-c2cccs2)cs1)c1ccc(=O)n(Cc2ccccc2Cl)c1. The molecule has 0 bridgehead atoms. The number of carbonyl (C=O) groups is 1. The fourth-order valence-corrected chi connectivity index (χ4v) is 4.30. The first kappa shape index (κ1) is 18.6. The molecule has 0 aliphatic heterocycles. The molecule has 0 aliphatic rings. The van der Waals surface area contributed by atoms with Gasteiger partial charge in [0.2, 0.25) is 0 Å². The highest BCUT2D eigenvalue weighted by Crippen LogP contribution is 2.28. The lowest BCUT2D eigenvalue weighted by atomic mass is 10.2. The minimum absolute atomic E-state index is 0.203. The molecule has 1 N–H and O–H groups in total. The van der Waals surface area contributed by atoms with Gasteiger partial charge in [-0.2, -0.15) is 0 Å². The van der Waals surface area contributed by atoms with Gasteiger partial charge in [-0.3, -0.25) is 14.9 Å². The number of anilines is 1. The molecule has 4 rings (SSSR count). The molecular formula is C20H14ClN3O2S2. The minimum atomic E-state index is -0.319. The van der Waals surface area contributed by atoms with Crippen molar-refractivity contribution >= 4 is 45.3 Å². The molecule has 3 heterocycles. The van der Waals surface area contributed by atoms with Crippen LogP contribution in [0, 0.1) is 0 Å². The average Bonchev–Trinajstić information content (AvgIpc) is 3.37. The summed E-state index contributed by atoms with van der Waals surface area (Å²) in [5, 5.41) is 7.77. The molecule has 0 atom stereocenters. The van der Waals surface area contributed by atoms with Gasteiger partial charge < -0.3 is 4.57 Å². The van der Waals surface area contributed by atoms with E-state index in [1.807, 2.05) is 41.1 Å². The lowest BCUT2D eigenvalue weighted by Crippen LogP contribution is -2.22. The lowest BCUT2D eigenvalue weighted by Gasteiger charge is -2.09. The summed E-state index contributed by atoms with van der Waals surface area (Å²) in [5.74, 6) is -0.319. The Kier molecular flexibility index (Phi) is 5.38. The predicted molar refractivity (Wildman–Crippen MR) is 115 cm³/mol. The van der Waals surface area contributed by atoms with E-state index in [-0.39, 0.29) is 11.5 Å². The van der Waals surface area contributed by atoms with Gasteiger partial charge in [-0.05, 0) is 29.1 Å². The second-order valence-electron chi connectivity index (χ2n) is 5.94. The van der Waals surface area contributed by atoms with Crippen LogP contribution < -0.4 is 10.9 Å². The first-order valence-electron chi connectivity index (χ1n) is 8.35. The quantitative estimate of drug-likeness (QED) is 0.488. The molecule has 8 heteroatoms. The zero-order chi connectivity index (χ0) is 19.5. The summed E-state index contributed by atoms with van der Waals surface area (Å²) in [6.07, 6.45) is 1.54. The fourth-order valence-electron chi connectivity index (χ4n) is 2.64. The number of nitrogens with zero attached hydrogens (tertiary/aromatic N) is 2. The van der Waals surface area contributed by atoms with E-state index in [9.17, 15) is 9.59 Å². The first-order chi connectivity index (χ1) is 13.6. The van der Waals surface area contributed by atoms with Crippen LogP contribution in [0.25, 0.3) is 10.6 Å². The second-order valence-corrected chi connectivity index (χ2v) is 8.16. The zero-order valence-corrected chi connectivity index (χ0v) is 16.9. The number of hydrogen-bond donors (Lipinski definition) is 1. The van der Waals surface area contributed by atoms with Crippen molar-refractivity contribution in [3.8, 4) is 10.6 Å². The molecule has 3 aromatic heterocycles. The summed E-state index contributed by atoms with van der Waals surface area (Å²) in [5.41, 5.74) is 1.81. The molecule has 140 valence electrons. The van der Waals surface area contributed by atoms with Gasteiger partial charge in [0.05, 0.1) is 22.7 Å². The number of aromatic nitrogens is 2. The van der Waals surface area contributed by atoms with Crippen molar-refractivity contribution in [2.75, 3.05) is 5.32 Å². The largest absolute Gasteiger partial charge is 0.310 e. The van der Waals surface area contributed by atoms with Crippen LogP contribution in [0.1, 0.15) is 15.9 Å². The van der Waals surface area contributed by atoms with Gasteiger partial charge in [0.1, 0.15) is 0 Å². The van der Waals surface area contributed by atoms with Gasteiger partial charge in [0, 0.05) is 22.7 Å². The lowest BCUT2D eigenvalue weighted by molar-refractivity contribution is 0.102. The Balaban J connectivity index is 1.53. The Morgan fingerprint density at radius 1 is 1.11 bits per heavy atom. The van der Waals surface area contributed by atoms with Crippen molar-refractivity contribution < 1.29 is 4.79 Å². The van der Waals surface area contributed by atoms with Gasteiger partial charge in [-0.25, -0.2) is 4.98 Å². The Hall–Kier alpha value is -2.74. The monoisotopic (exact) mass is 427 g/mol. The standard InChI is InChI=1S/C20H14ClN3O2S2/c21-15-5-2-1-4-13(15)10-24-11-14(7-8-18(24)25)19(26)23-20-22-16(12-28-20)17-6-3-9-27-17/h1-9,11-12H,10H2,(H,22,23,26). The van der Waals surface area contributed by atoms with Crippen molar-refractivity contribution in [2.24, 2.45) is 0 Å². The highest BCUT2D eigenvalue weighted by Gasteiger charge is 2.12. The number of amides is 1. The van der Waals surface area contributed by atoms with Crippen LogP contribution >= 0.6 is 34.3 Å². The van der Waals surface area contributed by atoms with Crippen molar-refractivity contribution in [1.29, 1.82) is 0 Å². The highest BCUT2D eigenvalue weighted by atomic mass is 35.5. The van der Waals surface area contributed by atoms with Crippen molar-refractivity contribution in [3.05, 3.63) is 92.0 Å². The first-order valence-corrected chi connectivity index (χ1v) is 10.5. The number of hydrogen-bond acceptors (Lipinski definition) is 5. The number of thiazole rings is 1. The second kappa shape index (κ2) is 8.10. The Morgan fingerprint density at radius 2 is 1.96 bits per heavy atom. The third kappa shape index (κ3) is 4.06. The van der Waals surface area contributed by atoms with E-state index in [1.165, 1.54) is 34.2 Å². The summed E-state index contributed by atoms with van der Waals surface area (Å²) in [6.45, 7) is 0.291. The van der Waals surface area contributed by atoms with E-state index in [0.717, 1.165) is 16.1 Å². The van der Waals surface area contributed by atoms with Gasteiger partial charge in [0.15, 0.2) is 5.13 Å². The third-order valence-corrected chi connectivity index (χ3v) is 6.06. The average molecular weight is 428 g/mol. The number of pyridine rings is 1. The highest BCUT2D eigenvalue weighted by molar-refractivity contribution is 7.16. The van der Waals surface area contributed by atoms with E-state index in [0.29, 0.717) is 22.3 Å². The number of halogens is 1. The molecule has 4 aromatic rings. The molecule has 0 saturated heterocycles. The van der Waals surface area contributed by atoms with Gasteiger partial charge >= 0.3 is 0 Å². The predicted octanol–water partition coefficient (Wildman–Crippen LogP) is 4.99. The maximum absolute atomic E-state index is 12.6. The maximum atomic E-state index is 12.6. The molecule has 0 fully saturated rings. The van der Waals surface area contributed by atoms with Gasteiger partial charge in [0.25, 0.3) is 11.5 Å². The molecule has 0 aliphatic carbocycles. The normalized spacial score (nSPS) is 10.8. The van der Waals surface area contributed by atoms with Crippen LogP contribution in [0.2, 0.25) is 5.02 Å². The van der Waals surface area contributed by atoms with E-state index < -0.39 is 0 Å².